The molecule has 1 atom stereocenters. The van der Waals surface area contributed by atoms with Crippen molar-refractivity contribution in [2.24, 2.45) is 0 Å². The number of nitrogens with zero attached hydrogens (tertiary/aromatic N) is 1. The molecule has 0 fully saturated rings. The summed E-state index contributed by atoms with van der Waals surface area (Å²) in [5.74, 6) is 0. The minimum Gasteiger partial charge on any atom is -0.285 e. The van der Waals surface area contributed by atoms with E-state index in [2.05, 4.69) is 17.6 Å². The molecule has 1 aromatic heterocycles. The topological polar surface area (TPSA) is 30.0 Å². The lowest BCUT2D eigenvalue weighted by Crippen LogP contribution is -1.98. The minimum absolute atomic E-state index is 0.349. The van der Waals surface area contributed by atoms with E-state index in [1.165, 1.54) is 0 Å². The summed E-state index contributed by atoms with van der Waals surface area (Å²) in [6.07, 6.45) is 3.17. The molecule has 0 N–H and O–H groups in total. The molecule has 0 aliphatic rings. The van der Waals surface area contributed by atoms with Crippen molar-refractivity contribution in [2.75, 3.05) is 0 Å². The van der Waals surface area contributed by atoms with E-state index in [1.807, 2.05) is 0 Å². The Bertz CT molecular complexity index is 252. The van der Waals surface area contributed by atoms with E-state index in [9.17, 15) is 4.79 Å². The molecular formula is C7H6ClNOS. The first-order valence-corrected chi connectivity index (χ1v) is 3.87. The molecule has 58 valence electrons. The van der Waals surface area contributed by atoms with E-state index in [0.717, 1.165) is 5.56 Å². The average Bonchev–Trinajstić information content (AvgIpc) is 2.05. The number of carbonyl (C=O) groups excluding carboxylic acids is 1. The average molecular weight is 188 g/mol. The van der Waals surface area contributed by atoms with Crippen LogP contribution in [0, 0.1) is 0 Å². The van der Waals surface area contributed by atoms with Crippen LogP contribution in [0.2, 0.25) is 0 Å². The highest BCUT2D eigenvalue weighted by molar-refractivity contribution is 7.96. The van der Waals surface area contributed by atoms with Crippen LogP contribution in [-0.4, -0.2) is 10.1 Å². The lowest BCUT2D eigenvalue weighted by atomic mass is 10.2. The Morgan fingerprint density at radius 1 is 1.55 bits per heavy atom. The monoisotopic (exact) mass is 187 g/mol. The summed E-state index contributed by atoms with van der Waals surface area (Å²) in [5, 5.41) is -1.01. The fourth-order valence-electron chi connectivity index (χ4n) is 0.675. The van der Waals surface area contributed by atoms with Crippen molar-refractivity contribution in [1.82, 2.24) is 4.98 Å². The molecule has 0 aliphatic heterocycles. The molecule has 0 aromatic carbocycles. The molecule has 0 bridgehead atoms. The fraction of sp³-hybridized carbons (Fsp3) is 0.143. The third kappa shape index (κ3) is 2.20. The maximum absolute atomic E-state index is 10.7. The zero-order chi connectivity index (χ0) is 8.27. The molecular weight excluding hydrogens is 182 g/mol. The third-order valence-corrected chi connectivity index (χ3v) is 2.08. The van der Waals surface area contributed by atoms with E-state index in [1.54, 1.807) is 24.5 Å². The molecule has 1 rings (SSSR count). The maximum atomic E-state index is 10.7. The van der Waals surface area contributed by atoms with E-state index in [-0.39, 0.29) is 5.12 Å². The fourth-order valence-corrected chi connectivity index (χ4v) is 0.970. The Kier molecular flexibility index (Phi) is 2.91. The molecule has 1 unspecified atom stereocenters. The van der Waals surface area contributed by atoms with E-state index < -0.39 is 5.38 Å². The summed E-state index contributed by atoms with van der Waals surface area (Å²) >= 11 is 9.30. The number of alkyl halides is 1. The summed E-state index contributed by atoms with van der Waals surface area (Å²) in [5.41, 5.74) is 0.724. The molecule has 0 saturated carbocycles. The Morgan fingerprint density at radius 3 is 2.55 bits per heavy atom. The van der Waals surface area contributed by atoms with E-state index in [0.29, 0.717) is 0 Å². The number of thiol groups is 1. The van der Waals surface area contributed by atoms with E-state index in [4.69, 9.17) is 11.6 Å². The van der Waals surface area contributed by atoms with Gasteiger partial charge in [0.05, 0.1) is 0 Å². The molecule has 0 amide bonds. The van der Waals surface area contributed by atoms with Gasteiger partial charge in [0.2, 0.25) is 5.12 Å². The summed E-state index contributed by atoms with van der Waals surface area (Å²) in [4.78, 5) is 14.4. The van der Waals surface area contributed by atoms with Crippen LogP contribution in [0.15, 0.2) is 24.5 Å². The van der Waals surface area contributed by atoms with Crippen LogP contribution < -0.4 is 0 Å². The lowest BCUT2D eigenvalue weighted by molar-refractivity contribution is -0.110. The van der Waals surface area contributed by atoms with Gasteiger partial charge in [-0.1, -0.05) is 0 Å². The van der Waals surface area contributed by atoms with Gasteiger partial charge in [0.1, 0.15) is 5.38 Å². The summed E-state index contributed by atoms with van der Waals surface area (Å²) in [6.45, 7) is 0. The normalized spacial score (nSPS) is 12.5. The highest BCUT2D eigenvalue weighted by atomic mass is 35.5. The van der Waals surface area contributed by atoms with Crippen LogP contribution in [0.4, 0.5) is 0 Å². The van der Waals surface area contributed by atoms with Gasteiger partial charge < -0.3 is 0 Å². The number of pyridine rings is 1. The van der Waals surface area contributed by atoms with Crippen LogP contribution in [0.25, 0.3) is 0 Å². The first kappa shape index (κ1) is 8.56. The van der Waals surface area contributed by atoms with Gasteiger partial charge in [-0.05, 0) is 17.7 Å². The van der Waals surface area contributed by atoms with E-state index >= 15 is 0 Å². The summed E-state index contributed by atoms with van der Waals surface area (Å²) in [7, 11) is 0. The number of halogens is 1. The van der Waals surface area contributed by atoms with Crippen molar-refractivity contribution < 1.29 is 4.79 Å². The van der Waals surface area contributed by atoms with Crippen molar-refractivity contribution in [3.05, 3.63) is 30.1 Å². The van der Waals surface area contributed by atoms with Gasteiger partial charge in [-0.25, -0.2) is 0 Å². The molecule has 1 aromatic rings. The molecule has 0 radical (unpaired) electrons. The molecule has 0 aliphatic carbocycles. The van der Waals surface area contributed by atoms with Gasteiger partial charge in [-0.2, -0.15) is 0 Å². The van der Waals surface area contributed by atoms with Gasteiger partial charge >= 0.3 is 0 Å². The lowest BCUT2D eigenvalue weighted by Gasteiger charge is -2.02. The van der Waals surface area contributed by atoms with Crippen molar-refractivity contribution in [1.29, 1.82) is 0 Å². The highest BCUT2D eigenvalue weighted by Gasteiger charge is 2.12. The van der Waals surface area contributed by atoms with Crippen molar-refractivity contribution >= 4 is 29.3 Å². The van der Waals surface area contributed by atoms with Crippen molar-refractivity contribution in [2.45, 2.75) is 5.38 Å². The van der Waals surface area contributed by atoms with Gasteiger partial charge in [0, 0.05) is 12.4 Å². The maximum Gasteiger partial charge on any atom is 0.208 e. The quantitative estimate of drug-likeness (QED) is 0.566. The zero-order valence-electron chi connectivity index (χ0n) is 5.57. The molecule has 0 saturated heterocycles. The predicted molar refractivity (Wildman–Crippen MR) is 46.8 cm³/mol. The number of aromatic nitrogens is 1. The van der Waals surface area contributed by atoms with Crippen molar-refractivity contribution in [3.63, 3.8) is 0 Å². The second-order valence-electron chi connectivity index (χ2n) is 1.98. The molecule has 0 spiro atoms. The Hall–Kier alpha value is -0.540. The van der Waals surface area contributed by atoms with Crippen molar-refractivity contribution in [3.8, 4) is 0 Å². The zero-order valence-corrected chi connectivity index (χ0v) is 7.22. The van der Waals surface area contributed by atoms with Crippen LogP contribution >= 0.6 is 24.2 Å². The summed E-state index contributed by atoms with van der Waals surface area (Å²) in [6, 6.07) is 3.37. The molecule has 1 heterocycles. The summed E-state index contributed by atoms with van der Waals surface area (Å²) < 4.78 is 0. The van der Waals surface area contributed by atoms with Crippen LogP contribution in [-0.2, 0) is 4.79 Å². The number of carbonyl (C=O) groups is 1. The largest absolute Gasteiger partial charge is 0.285 e. The van der Waals surface area contributed by atoms with Crippen LogP contribution in [0.1, 0.15) is 10.9 Å². The van der Waals surface area contributed by atoms with Crippen LogP contribution in [0.3, 0.4) is 0 Å². The molecule has 4 heteroatoms. The Balaban J connectivity index is 2.85. The Labute approximate surface area is 75.0 Å². The van der Waals surface area contributed by atoms with Gasteiger partial charge in [0.25, 0.3) is 0 Å². The first-order chi connectivity index (χ1) is 5.22. The van der Waals surface area contributed by atoms with Crippen LogP contribution in [0.5, 0.6) is 0 Å². The molecule has 2 nitrogen and oxygen atoms in total. The third-order valence-electron chi connectivity index (χ3n) is 1.22. The molecule has 11 heavy (non-hydrogen) atoms. The standard InChI is InChI=1S/C7H6ClNOS/c8-6(7(10)11)5-1-3-9-4-2-5/h1-4,6H,(H,10,11). The number of rotatable bonds is 2. The number of hydrogen-bond donors (Lipinski definition) is 1. The second kappa shape index (κ2) is 3.74. The number of hydrogen-bond acceptors (Lipinski definition) is 2. The van der Waals surface area contributed by atoms with Gasteiger partial charge in [-0.15, -0.1) is 24.2 Å². The second-order valence-corrected chi connectivity index (χ2v) is 2.86. The SMILES string of the molecule is O=C(S)C(Cl)c1ccncc1. The highest BCUT2D eigenvalue weighted by Crippen LogP contribution is 2.21. The van der Waals surface area contributed by atoms with Gasteiger partial charge in [-0.3, -0.25) is 9.78 Å². The smallest absolute Gasteiger partial charge is 0.208 e. The minimum atomic E-state index is -0.665. The Morgan fingerprint density at radius 2 is 2.09 bits per heavy atom. The predicted octanol–water partition coefficient (Wildman–Crippen LogP) is 1.82. The first-order valence-electron chi connectivity index (χ1n) is 2.98. The van der Waals surface area contributed by atoms with Gasteiger partial charge in [0.15, 0.2) is 0 Å².